The maximum atomic E-state index is 13.0. The first-order chi connectivity index (χ1) is 17.0. The van der Waals surface area contributed by atoms with Crippen LogP contribution in [-0.4, -0.2) is 41.8 Å². The van der Waals surface area contributed by atoms with Crippen LogP contribution >= 0.6 is 0 Å². The summed E-state index contributed by atoms with van der Waals surface area (Å²) in [6.45, 7) is 0.231. The Morgan fingerprint density at radius 2 is 1.57 bits per heavy atom. The van der Waals surface area contributed by atoms with E-state index < -0.39 is 12.1 Å². The fraction of sp³-hybridized carbons (Fsp3) is 0.393. The fourth-order valence-electron chi connectivity index (χ4n) is 5.72. The number of carboxylic acid groups (broad SMARTS) is 1. The highest BCUT2D eigenvalue weighted by Gasteiger charge is 2.35. The molecule has 3 N–H and O–H groups in total. The predicted octanol–water partition coefficient (Wildman–Crippen LogP) is 4.37. The Kier molecular flexibility index (Phi) is 6.57. The molecule has 0 aliphatic heterocycles. The van der Waals surface area contributed by atoms with Crippen LogP contribution in [0.1, 0.15) is 55.6 Å². The molecule has 7 nitrogen and oxygen atoms in total. The number of amides is 2. The summed E-state index contributed by atoms with van der Waals surface area (Å²) in [5.41, 5.74) is 5.00. The standard InChI is InChI=1S/C28H30N2O5/c31-26(29-18-14-13-17(15-18)27(32)33)23-11-5-6-12-25(23)30-28(34)35-16-24-21-9-3-1-7-19(21)20-8-2-4-10-22(20)24/h1-4,7-10,13,18,23-25H,5-6,11-12,14-16H2,(H,29,31)(H,30,34)(H,32,33)/t18?,23-,25+/m1/s1. The summed E-state index contributed by atoms with van der Waals surface area (Å²) in [6.07, 6.45) is 5.27. The van der Waals surface area contributed by atoms with Gasteiger partial charge in [0.25, 0.3) is 0 Å². The van der Waals surface area contributed by atoms with Gasteiger partial charge in [0.05, 0.1) is 5.92 Å². The van der Waals surface area contributed by atoms with Crippen molar-refractivity contribution in [2.24, 2.45) is 5.92 Å². The minimum Gasteiger partial charge on any atom is -0.478 e. The molecule has 182 valence electrons. The average molecular weight is 475 g/mol. The second-order valence-corrected chi connectivity index (χ2v) is 9.65. The summed E-state index contributed by atoms with van der Waals surface area (Å²) in [5.74, 6) is -1.43. The van der Waals surface area contributed by atoms with Crippen molar-refractivity contribution in [3.05, 3.63) is 71.3 Å². The quantitative estimate of drug-likeness (QED) is 0.577. The van der Waals surface area contributed by atoms with Crippen molar-refractivity contribution in [3.8, 4) is 11.1 Å². The minimum atomic E-state index is -0.936. The smallest absolute Gasteiger partial charge is 0.407 e. The maximum Gasteiger partial charge on any atom is 0.407 e. The first-order valence-electron chi connectivity index (χ1n) is 12.4. The van der Waals surface area contributed by atoms with Crippen molar-refractivity contribution in [2.45, 2.75) is 56.5 Å². The molecule has 1 unspecified atom stereocenters. The Morgan fingerprint density at radius 1 is 0.914 bits per heavy atom. The number of hydrogen-bond donors (Lipinski definition) is 3. The monoisotopic (exact) mass is 474 g/mol. The van der Waals surface area contributed by atoms with Crippen LogP contribution in [0.2, 0.25) is 0 Å². The highest BCUT2D eigenvalue weighted by molar-refractivity contribution is 5.88. The van der Waals surface area contributed by atoms with Crippen LogP contribution in [0.25, 0.3) is 11.1 Å². The Labute approximate surface area is 204 Å². The van der Waals surface area contributed by atoms with E-state index >= 15 is 0 Å². The predicted molar refractivity (Wildman–Crippen MR) is 131 cm³/mol. The number of ether oxygens (including phenoxy) is 1. The van der Waals surface area contributed by atoms with Gasteiger partial charge in [-0.3, -0.25) is 4.79 Å². The molecule has 0 spiro atoms. The van der Waals surface area contributed by atoms with Crippen LogP contribution in [0.3, 0.4) is 0 Å². The second kappa shape index (κ2) is 9.94. The number of rotatable bonds is 6. The molecule has 2 amide bonds. The number of fused-ring (bicyclic) bond motifs is 3. The molecule has 3 aliphatic rings. The van der Waals surface area contributed by atoms with E-state index in [4.69, 9.17) is 9.84 Å². The molecule has 3 atom stereocenters. The van der Waals surface area contributed by atoms with Gasteiger partial charge in [-0.25, -0.2) is 9.59 Å². The Hall–Kier alpha value is -3.61. The molecule has 0 bridgehead atoms. The van der Waals surface area contributed by atoms with Crippen LogP contribution in [0.4, 0.5) is 4.79 Å². The van der Waals surface area contributed by atoms with Gasteiger partial charge < -0.3 is 20.5 Å². The molecule has 5 rings (SSSR count). The lowest BCUT2D eigenvalue weighted by molar-refractivity contribution is -0.133. The van der Waals surface area contributed by atoms with Crippen LogP contribution in [0.15, 0.2) is 60.2 Å². The number of carbonyl (C=O) groups excluding carboxylic acids is 2. The number of benzene rings is 2. The zero-order chi connectivity index (χ0) is 24.4. The summed E-state index contributed by atoms with van der Waals surface area (Å²) in [6, 6.07) is 15.9. The van der Waals surface area contributed by atoms with E-state index in [0.717, 1.165) is 24.0 Å². The Morgan fingerprint density at radius 3 is 2.23 bits per heavy atom. The van der Waals surface area contributed by atoms with Crippen LogP contribution in [-0.2, 0) is 14.3 Å². The van der Waals surface area contributed by atoms with Crippen molar-refractivity contribution in [1.82, 2.24) is 10.6 Å². The molecule has 2 aromatic carbocycles. The van der Waals surface area contributed by atoms with E-state index in [-0.39, 0.29) is 36.4 Å². The first-order valence-corrected chi connectivity index (χ1v) is 12.4. The van der Waals surface area contributed by atoms with E-state index in [2.05, 4.69) is 34.9 Å². The molecule has 0 aromatic heterocycles. The van der Waals surface area contributed by atoms with Gasteiger partial charge in [-0.1, -0.05) is 67.4 Å². The molecular weight excluding hydrogens is 444 g/mol. The summed E-state index contributed by atoms with van der Waals surface area (Å²) in [5, 5.41) is 15.1. The molecule has 1 saturated carbocycles. The molecule has 2 aromatic rings. The maximum absolute atomic E-state index is 13.0. The first kappa shape index (κ1) is 23.1. The normalized spacial score (nSPS) is 23.1. The molecule has 1 fully saturated rings. The topological polar surface area (TPSA) is 105 Å². The van der Waals surface area contributed by atoms with E-state index in [1.807, 2.05) is 24.3 Å². The van der Waals surface area contributed by atoms with Crippen molar-refractivity contribution in [3.63, 3.8) is 0 Å². The molecule has 7 heteroatoms. The molecular formula is C28H30N2O5. The lowest BCUT2D eigenvalue weighted by Crippen LogP contribution is -2.50. The minimum absolute atomic E-state index is 0.0168. The van der Waals surface area contributed by atoms with Crippen molar-refractivity contribution >= 4 is 18.0 Å². The van der Waals surface area contributed by atoms with Crippen molar-refractivity contribution < 1.29 is 24.2 Å². The average Bonchev–Trinajstić information content (AvgIpc) is 3.46. The largest absolute Gasteiger partial charge is 0.478 e. The number of carbonyl (C=O) groups is 3. The number of carboxylic acids is 1. The second-order valence-electron chi connectivity index (χ2n) is 9.65. The lowest BCUT2D eigenvalue weighted by Gasteiger charge is -2.32. The van der Waals surface area contributed by atoms with Crippen molar-refractivity contribution in [1.29, 1.82) is 0 Å². The van der Waals surface area contributed by atoms with Gasteiger partial charge in [0, 0.05) is 23.6 Å². The van der Waals surface area contributed by atoms with Crippen LogP contribution < -0.4 is 10.6 Å². The summed E-state index contributed by atoms with van der Waals surface area (Å²) < 4.78 is 5.69. The number of nitrogens with one attached hydrogen (secondary N) is 2. The van der Waals surface area contributed by atoms with Gasteiger partial charge in [0.1, 0.15) is 6.61 Å². The summed E-state index contributed by atoms with van der Waals surface area (Å²) in [7, 11) is 0. The zero-order valence-corrected chi connectivity index (χ0v) is 19.5. The van der Waals surface area contributed by atoms with Gasteiger partial charge in [-0.2, -0.15) is 0 Å². The third-order valence-corrected chi connectivity index (χ3v) is 7.49. The molecule has 0 saturated heterocycles. The fourth-order valence-corrected chi connectivity index (χ4v) is 5.72. The van der Waals surface area contributed by atoms with Gasteiger partial charge in [0.15, 0.2) is 0 Å². The van der Waals surface area contributed by atoms with Gasteiger partial charge >= 0.3 is 12.1 Å². The molecule has 0 radical (unpaired) electrons. The third-order valence-electron chi connectivity index (χ3n) is 7.49. The lowest BCUT2D eigenvalue weighted by atomic mass is 9.83. The van der Waals surface area contributed by atoms with Crippen LogP contribution in [0, 0.1) is 5.92 Å². The van der Waals surface area contributed by atoms with E-state index in [1.165, 1.54) is 11.1 Å². The van der Waals surface area contributed by atoms with Gasteiger partial charge in [-0.05, 0) is 47.9 Å². The van der Waals surface area contributed by atoms with E-state index in [0.29, 0.717) is 31.3 Å². The number of hydrogen-bond acceptors (Lipinski definition) is 4. The highest BCUT2D eigenvalue weighted by Crippen LogP contribution is 2.44. The zero-order valence-electron chi connectivity index (χ0n) is 19.5. The third kappa shape index (κ3) is 4.81. The number of alkyl carbamates (subject to hydrolysis) is 1. The highest BCUT2D eigenvalue weighted by atomic mass is 16.5. The van der Waals surface area contributed by atoms with Gasteiger partial charge in [0.2, 0.25) is 5.91 Å². The van der Waals surface area contributed by atoms with E-state index in [1.54, 1.807) is 6.08 Å². The SMILES string of the molecule is O=C(N[C@H]1CCCC[C@H]1C(=O)NC1CC=C(C(=O)O)C1)OCC1c2ccccc2-c2ccccc21. The van der Waals surface area contributed by atoms with Crippen LogP contribution in [0.5, 0.6) is 0 Å². The summed E-state index contributed by atoms with van der Waals surface area (Å²) >= 11 is 0. The summed E-state index contributed by atoms with van der Waals surface area (Å²) in [4.78, 5) is 36.9. The molecule has 3 aliphatic carbocycles. The van der Waals surface area contributed by atoms with Gasteiger partial charge in [-0.15, -0.1) is 0 Å². The van der Waals surface area contributed by atoms with E-state index in [9.17, 15) is 14.4 Å². The van der Waals surface area contributed by atoms with Crippen molar-refractivity contribution in [2.75, 3.05) is 6.61 Å². The number of aliphatic carboxylic acids is 1. The Balaban J connectivity index is 1.19. The Bertz CT molecular complexity index is 1130. The molecule has 35 heavy (non-hydrogen) atoms. The molecule has 0 heterocycles.